The summed E-state index contributed by atoms with van der Waals surface area (Å²) in [4.78, 5) is 18.7. The molecule has 1 aliphatic carbocycles. The molecule has 1 heterocycles. The summed E-state index contributed by atoms with van der Waals surface area (Å²) >= 11 is 1.35. The predicted molar refractivity (Wildman–Crippen MR) is 105 cm³/mol. The molecule has 1 aliphatic rings. The Labute approximate surface area is 164 Å². The fourth-order valence-electron chi connectivity index (χ4n) is 3.59. The molecule has 1 N–H and O–H groups in total. The van der Waals surface area contributed by atoms with Crippen LogP contribution in [0.3, 0.4) is 0 Å². The number of aromatic nitrogens is 3. The second-order valence-corrected chi connectivity index (χ2v) is 8.65. The molecule has 1 amide bonds. The summed E-state index contributed by atoms with van der Waals surface area (Å²) in [6, 6.07) is 6.32. The molecule has 0 saturated heterocycles. The highest BCUT2D eigenvalue weighted by Crippen LogP contribution is 2.28. The predicted octanol–water partition coefficient (Wildman–Crippen LogP) is 4.21. The van der Waals surface area contributed by atoms with Gasteiger partial charge in [0.1, 0.15) is 11.6 Å². The van der Waals surface area contributed by atoms with Crippen LogP contribution in [0.4, 0.5) is 4.39 Å². The van der Waals surface area contributed by atoms with E-state index in [2.05, 4.69) is 15.2 Å². The lowest BCUT2D eigenvalue weighted by Crippen LogP contribution is -2.32. The van der Waals surface area contributed by atoms with Crippen molar-refractivity contribution in [2.24, 2.45) is 5.92 Å². The number of nitrogens with zero attached hydrogens (tertiary/aromatic N) is 3. The van der Waals surface area contributed by atoms with Crippen LogP contribution in [0.5, 0.6) is 0 Å². The number of hydrogen-bond donors (Lipinski definition) is 1. The molecule has 3 rings (SSSR count). The van der Waals surface area contributed by atoms with Crippen LogP contribution in [0.2, 0.25) is 0 Å². The van der Waals surface area contributed by atoms with Crippen molar-refractivity contribution in [3.05, 3.63) is 41.5 Å². The van der Waals surface area contributed by atoms with Crippen molar-refractivity contribution in [3.8, 4) is 0 Å². The number of aromatic amines is 1. The minimum Gasteiger partial charge on any atom is -0.340 e. The van der Waals surface area contributed by atoms with Crippen LogP contribution < -0.4 is 0 Å². The summed E-state index contributed by atoms with van der Waals surface area (Å²) < 4.78 is 13.3. The summed E-state index contributed by atoms with van der Waals surface area (Å²) in [6.45, 7) is 2.23. The van der Waals surface area contributed by atoms with Crippen molar-refractivity contribution >= 4 is 17.7 Å². The van der Waals surface area contributed by atoms with E-state index in [0.717, 1.165) is 30.1 Å². The first kappa shape index (κ1) is 19.9. The average molecular weight is 391 g/mol. The van der Waals surface area contributed by atoms with Crippen LogP contribution in [0.1, 0.15) is 50.4 Å². The van der Waals surface area contributed by atoms with Gasteiger partial charge in [0.05, 0.1) is 5.25 Å². The zero-order chi connectivity index (χ0) is 19.2. The number of benzene rings is 1. The average Bonchev–Trinajstić information content (AvgIpc) is 3.31. The van der Waals surface area contributed by atoms with Gasteiger partial charge in [-0.15, -0.1) is 5.10 Å². The number of carbonyl (C=O) groups is 1. The second kappa shape index (κ2) is 9.35. The number of rotatable bonds is 8. The highest BCUT2D eigenvalue weighted by molar-refractivity contribution is 8.00. The molecule has 1 aromatic heterocycles. The van der Waals surface area contributed by atoms with E-state index in [9.17, 15) is 9.18 Å². The molecule has 1 unspecified atom stereocenters. The number of carbonyl (C=O) groups excluding carboxylic acids is 1. The maximum atomic E-state index is 13.3. The molecule has 0 radical (unpaired) electrons. The van der Waals surface area contributed by atoms with Gasteiger partial charge in [-0.2, -0.15) is 0 Å². The Morgan fingerprint density at radius 1 is 1.41 bits per heavy atom. The molecule has 1 saturated carbocycles. The quantitative estimate of drug-likeness (QED) is 0.686. The topological polar surface area (TPSA) is 61.9 Å². The van der Waals surface area contributed by atoms with Crippen molar-refractivity contribution in [2.75, 3.05) is 7.05 Å². The zero-order valence-corrected chi connectivity index (χ0v) is 16.8. The van der Waals surface area contributed by atoms with E-state index < -0.39 is 0 Å². The minimum atomic E-state index is -0.304. The molecule has 0 bridgehead atoms. The maximum absolute atomic E-state index is 13.3. The van der Waals surface area contributed by atoms with Gasteiger partial charge in [-0.25, -0.2) is 9.37 Å². The van der Waals surface area contributed by atoms with Crippen molar-refractivity contribution in [2.45, 2.75) is 62.4 Å². The van der Waals surface area contributed by atoms with Crippen LogP contribution in [0.15, 0.2) is 29.4 Å². The van der Waals surface area contributed by atoms with E-state index in [-0.39, 0.29) is 17.0 Å². The number of thioether (sulfide) groups is 1. The number of hydrogen-bond acceptors (Lipinski definition) is 4. The SMILES string of the molecule is CC(Sc1n[nH]c(CCC2CCCC2)n1)C(=O)N(C)Cc1cccc(F)c1. The first-order valence-electron chi connectivity index (χ1n) is 9.58. The lowest BCUT2D eigenvalue weighted by molar-refractivity contribution is -0.129. The molecular weight excluding hydrogens is 363 g/mol. The first-order chi connectivity index (χ1) is 13.0. The maximum Gasteiger partial charge on any atom is 0.235 e. The number of amides is 1. The standard InChI is InChI=1S/C20H27FN4OS/c1-14(19(26)25(2)13-16-8-5-9-17(21)12-16)27-20-22-18(23-24-20)11-10-15-6-3-4-7-15/h5,8-9,12,14-15H,3-4,6-7,10-11,13H2,1-2H3,(H,22,23,24). The van der Waals surface area contributed by atoms with Gasteiger partial charge in [0.2, 0.25) is 11.1 Å². The molecule has 0 spiro atoms. The third-order valence-corrected chi connectivity index (χ3v) is 6.04. The van der Waals surface area contributed by atoms with E-state index in [1.165, 1.54) is 49.6 Å². The molecule has 5 nitrogen and oxygen atoms in total. The van der Waals surface area contributed by atoms with Crippen molar-refractivity contribution < 1.29 is 9.18 Å². The molecule has 7 heteroatoms. The summed E-state index contributed by atoms with van der Waals surface area (Å²) in [7, 11) is 1.73. The first-order valence-corrected chi connectivity index (χ1v) is 10.5. The Kier molecular flexibility index (Phi) is 6.88. The van der Waals surface area contributed by atoms with Gasteiger partial charge in [-0.3, -0.25) is 9.89 Å². The van der Waals surface area contributed by atoms with Gasteiger partial charge >= 0.3 is 0 Å². The lowest BCUT2D eigenvalue weighted by atomic mass is 10.0. The number of aryl methyl sites for hydroxylation is 1. The van der Waals surface area contributed by atoms with E-state index in [4.69, 9.17) is 0 Å². The summed E-state index contributed by atoms with van der Waals surface area (Å²) in [5, 5.41) is 7.55. The Morgan fingerprint density at radius 3 is 2.93 bits per heavy atom. The molecule has 2 aromatic rings. The van der Waals surface area contributed by atoms with E-state index in [1.54, 1.807) is 18.0 Å². The largest absolute Gasteiger partial charge is 0.340 e. The highest BCUT2D eigenvalue weighted by atomic mass is 32.2. The molecule has 1 fully saturated rings. The molecular formula is C20H27FN4OS. The summed E-state index contributed by atoms with van der Waals surface area (Å²) in [5.41, 5.74) is 0.773. The van der Waals surface area contributed by atoms with Crippen LogP contribution in [0.25, 0.3) is 0 Å². The monoisotopic (exact) mass is 390 g/mol. The molecule has 1 aromatic carbocycles. The fourth-order valence-corrected chi connectivity index (χ4v) is 4.45. The van der Waals surface area contributed by atoms with E-state index in [1.807, 2.05) is 13.0 Å². The van der Waals surface area contributed by atoms with Gasteiger partial charge in [0, 0.05) is 20.0 Å². The molecule has 0 aliphatic heterocycles. The Morgan fingerprint density at radius 2 is 2.19 bits per heavy atom. The van der Waals surface area contributed by atoms with Crippen molar-refractivity contribution in [1.29, 1.82) is 0 Å². The van der Waals surface area contributed by atoms with Gasteiger partial charge in [0.15, 0.2) is 0 Å². The third-order valence-electron chi connectivity index (χ3n) is 5.09. The van der Waals surface area contributed by atoms with Crippen LogP contribution in [0, 0.1) is 11.7 Å². The molecule has 146 valence electrons. The summed E-state index contributed by atoms with van der Waals surface area (Å²) in [6.07, 6.45) is 7.44. The smallest absolute Gasteiger partial charge is 0.235 e. The number of nitrogens with one attached hydrogen (secondary N) is 1. The third kappa shape index (κ3) is 5.79. The van der Waals surface area contributed by atoms with Crippen molar-refractivity contribution in [1.82, 2.24) is 20.1 Å². The zero-order valence-electron chi connectivity index (χ0n) is 15.9. The van der Waals surface area contributed by atoms with Gasteiger partial charge in [0.25, 0.3) is 0 Å². The van der Waals surface area contributed by atoms with E-state index in [0.29, 0.717) is 11.7 Å². The highest BCUT2D eigenvalue weighted by Gasteiger charge is 2.21. The fraction of sp³-hybridized carbons (Fsp3) is 0.550. The summed E-state index contributed by atoms with van der Waals surface area (Å²) in [5.74, 6) is 1.41. The van der Waals surface area contributed by atoms with Crippen LogP contribution in [-0.2, 0) is 17.8 Å². The number of H-pyrrole nitrogens is 1. The van der Waals surface area contributed by atoms with E-state index >= 15 is 0 Å². The van der Waals surface area contributed by atoms with Crippen molar-refractivity contribution in [3.63, 3.8) is 0 Å². The molecule has 27 heavy (non-hydrogen) atoms. The van der Waals surface area contributed by atoms with Crippen LogP contribution in [-0.4, -0.2) is 38.3 Å². The number of halogens is 1. The van der Waals surface area contributed by atoms with Gasteiger partial charge < -0.3 is 4.90 Å². The lowest BCUT2D eigenvalue weighted by Gasteiger charge is -2.20. The Hall–Kier alpha value is -1.89. The molecule has 1 atom stereocenters. The Bertz CT molecular complexity index is 760. The minimum absolute atomic E-state index is 0.0263. The normalized spacial score (nSPS) is 15.8. The van der Waals surface area contributed by atoms with Gasteiger partial charge in [-0.05, 0) is 37.0 Å². The van der Waals surface area contributed by atoms with Gasteiger partial charge in [-0.1, -0.05) is 49.6 Å². The Balaban J connectivity index is 1.48. The second-order valence-electron chi connectivity index (χ2n) is 7.34. The van der Waals surface area contributed by atoms with Crippen LogP contribution >= 0.6 is 11.8 Å².